The molecule has 2 aromatic carbocycles. The van der Waals surface area contributed by atoms with Crippen LogP contribution in [0.2, 0.25) is 0 Å². The summed E-state index contributed by atoms with van der Waals surface area (Å²) < 4.78 is 33.6. The number of carboxylic acids is 1. The third-order valence-corrected chi connectivity index (χ3v) is 5.82. The number of fused-ring (bicyclic) bond motifs is 3. The van der Waals surface area contributed by atoms with E-state index in [2.05, 4.69) is 0 Å². The summed E-state index contributed by atoms with van der Waals surface area (Å²) in [5.74, 6) is -6.81. The van der Waals surface area contributed by atoms with Crippen LogP contribution in [0.15, 0.2) is 48.5 Å². The third-order valence-electron chi connectivity index (χ3n) is 5.82. The first-order valence-corrected chi connectivity index (χ1v) is 10.2. The van der Waals surface area contributed by atoms with E-state index in [4.69, 9.17) is 9.84 Å². The van der Waals surface area contributed by atoms with E-state index < -0.39 is 30.4 Å². The average molecular weight is 444 g/mol. The van der Waals surface area contributed by atoms with Gasteiger partial charge in [-0.1, -0.05) is 48.5 Å². The maximum atomic E-state index is 14.2. The summed E-state index contributed by atoms with van der Waals surface area (Å²) in [6, 6.07) is 15.5. The van der Waals surface area contributed by atoms with Crippen molar-refractivity contribution in [2.24, 2.45) is 5.92 Å². The van der Waals surface area contributed by atoms with E-state index in [9.17, 15) is 23.2 Å². The molecule has 0 unspecified atom stereocenters. The van der Waals surface area contributed by atoms with Gasteiger partial charge in [0.05, 0.1) is 13.0 Å². The lowest BCUT2D eigenvalue weighted by atomic mass is 9.95. The van der Waals surface area contributed by atoms with Gasteiger partial charge in [-0.15, -0.1) is 0 Å². The van der Waals surface area contributed by atoms with Crippen LogP contribution >= 0.6 is 0 Å². The first kappa shape index (κ1) is 21.7. The molecule has 1 saturated heterocycles. The van der Waals surface area contributed by atoms with E-state index in [1.54, 1.807) is 0 Å². The van der Waals surface area contributed by atoms with Crippen LogP contribution < -0.4 is 5.32 Å². The molecule has 0 radical (unpaired) electrons. The van der Waals surface area contributed by atoms with Crippen molar-refractivity contribution < 1.29 is 33.0 Å². The molecule has 7 nitrogen and oxygen atoms in total. The molecular formula is C23H22F2N2O5. The van der Waals surface area contributed by atoms with Crippen molar-refractivity contribution in [3.63, 3.8) is 0 Å². The predicted molar refractivity (Wildman–Crippen MR) is 110 cm³/mol. The fourth-order valence-electron chi connectivity index (χ4n) is 4.25. The predicted octanol–water partition coefficient (Wildman–Crippen LogP) is 3.09. The lowest BCUT2D eigenvalue weighted by Gasteiger charge is -2.40. The number of carbonyl (C=O) groups excluding carboxylic acids is 2. The number of ether oxygens (including phenoxy) is 1. The standard InChI is InChI=1S/C23H22F2N2O5/c24-23(25,21(30)27-10-14(11-27)9-20(28)29)13-26-22(31)32-12-19-17-7-3-1-5-15(17)16-6-2-4-8-18(16)19/h1-8,14,19H,9-13H2,(H,26,31)(H,28,29). The number of likely N-dealkylation sites (tertiary alicyclic amines) is 1. The second kappa shape index (κ2) is 8.57. The van der Waals surface area contributed by atoms with Gasteiger partial charge in [-0.2, -0.15) is 8.78 Å². The summed E-state index contributed by atoms with van der Waals surface area (Å²) in [6.07, 6.45) is -1.21. The zero-order valence-corrected chi connectivity index (χ0v) is 17.1. The van der Waals surface area contributed by atoms with Gasteiger partial charge in [0.15, 0.2) is 0 Å². The van der Waals surface area contributed by atoms with Gasteiger partial charge in [-0.05, 0) is 22.3 Å². The highest BCUT2D eigenvalue weighted by atomic mass is 19.3. The van der Waals surface area contributed by atoms with E-state index in [1.165, 1.54) is 0 Å². The van der Waals surface area contributed by atoms with Crippen LogP contribution in [0.4, 0.5) is 13.6 Å². The Morgan fingerprint density at radius 2 is 1.59 bits per heavy atom. The summed E-state index contributed by atoms with van der Waals surface area (Å²) in [7, 11) is 0. The maximum Gasteiger partial charge on any atom is 0.407 e. The number of nitrogens with zero attached hydrogens (tertiary/aromatic N) is 1. The Morgan fingerprint density at radius 1 is 1.03 bits per heavy atom. The van der Waals surface area contributed by atoms with Crippen LogP contribution in [0, 0.1) is 5.92 Å². The Hall–Kier alpha value is -3.49. The molecular weight excluding hydrogens is 422 g/mol. The Morgan fingerprint density at radius 3 is 2.16 bits per heavy atom. The van der Waals surface area contributed by atoms with Crippen LogP contribution in [-0.4, -0.2) is 60.1 Å². The zero-order valence-electron chi connectivity index (χ0n) is 17.1. The van der Waals surface area contributed by atoms with Crippen molar-refractivity contribution >= 4 is 18.0 Å². The molecule has 1 heterocycles. The monoisotopic (exact) mass is 444 g/mol. The summed E-state index contributed by atoms with van der Waals surface area (Å²) in [4.78, 5) is 35.6. The van der Waals surface area contributed by atoms with Crippen molar-refractivity contribution in [1.29, 1.82) is 0 Å². The second-order valence-electron chi connectivity index (χ2n) is 8.06. The molecule has 9 heteroatoms. The van der Waals surface area contributed by atoms with Gasteiger partial charge in [0.1, 0.15) is 6.61 Å². The van der Waals surface area contributed by atoms with Gasteiger partial charge in [0.2, 0.25) is 0 Å². The molecule has 2 amide bonds. The first-order valence-electron chi connectivity index (χ1n) is 10.2. The van der Waals surface area contributed by atoms with Crippen LogP contribution in [0.1, 0.15) is 23.5 Å². The molecule has 0 saturated carbocycles. The number of carbonyl (C=O) groups is 3. The number of alkyl carbamates (subject to hydrolysis) is 1. The van der Waals surface area contributed by atoms with Crippen molar-refractivity contribution in [2.45, 2.75) is 18.3 Å². The van der Waals surface area contributed by atoms with Crippen LogP contribution in [0.5, 0.6) is 0 Å². The fraction of sp³-hybridized carbons (Fsp3) is 0.348. The summed E-state index contributed by atoms with van der Waals surface area (Å²) in [5, 5.41) is 10.7. The molecule has 1 aliphatic heterocycles. The molecule has 4 rings (SSSR count). The number of amides is 2. The molecule has 1 fully saturated rings. The van der Waals surface area contributed by atoms with Gasteiger partial charge >= 0.3 is 18.0 Å². The molecule has 0 bridgehead atoms. The van der Waals surface area contributed by atoms with Crippen LogP contribution in [-0.2, 0) is 14.3 Å². The van der Waals surface area contributed by atoms with Crippen molar-refractivity contribution in [3.05, 3.63) is 59.7 Å². The highest BCUT2D eigenvalue weighted by Gasteiger charge is 2.46. The number of rotatable bonds is 7. The van der Waals surface area contributed by atoms with Crippen molar-refractivity contribution in [3.8, 4) is 11.1 Å². The molecule has 0 aromatic heterocycles. The number of hydrogen-bond donors (Lipinski definition) is 2. The number of benzene rings is 2. The smallest absolute Gasteiger partial charge is 0.407 e. The largest absolute Gasteiger partial charge is 0.481 e. The van der Waals surface area contributed by atoms with Gasteiger partial charge in [-0.25, -0.2) is 4.79 Å². The van der Waals surface area contributed by atoms with E-state index in [0.29, 0.717) is 0 Å². The van der Waals surface area contributed by atoms with E-state index in [1.807, 2.05) is 53.8 Å². The average Bonchev–Trinajstić information content (AvgIpc) is 3.06. The van der Waals surface area contributed by atoms with Gasteiger partial charge in [-0.3, -0.25) is 9.59 Å². The molecule has 32 heavy (non-hydrogen) atoms. The van der Waals surface area contributed by atoms with Crippen molar-refractivity contribution in [1.82, 2.24) is 10.2 Å². The summed E-state index contributed by atoms with van der Waals surface area (Å²) in [6.45, 7) is -1.29. The van der Waals surface area contributed by atoms with Crippen LogP contribution in [0.25, 0.3) is 11.1 Å². The highest BCUT2D eigenvalue weighted by molar-refractivity contribution is 5.85. The van der Waals surface area contributed by atoms with Crippen LogP contribution in [0.3, 0.4) is 0 Å². The number of aliphatic carboxylic acids is 1. The van der Waals surface area contributed by atoms with Gasteiger partial charge in [0.25, 0.3) is 5.91 Å². The normalized spacial score (nSPS) is 15.5. The molecule has 0 spiro atoms. The molecule has 2 N–H and O–H groups in total. The van der Waals surface area contributed by atoms with E-state index in [0.717, 1.165) is 27.2 Å². The Bertz CT molecular complexity index is 1010. The Labute approximate surface area is 183 Å². The minimum atomic E-state index is -3.81. The topological polar surface area (TPSA) is 95.9 Å². The number of alkyl halides is 2. The lowest BCUT2D eigenvalue weighted by molar-refractivity contribution is -0.164. The summed E-state index contributed by atoms with van der Waals surface area (Å²) >= 11 is 0. The third kappa shape index (κ3) is 4.28. The van der Waals surface area contributed by atoms with Gasteiger partial charge < -0.3 is 20.1 Å². The Kier molecular flexibility index (Phi) is 5.82. The summed E-state index contributed by atoms with van der Waals surface area (Å²) in [5.41, 5.74) is 4.08. The number of nitrogens with one attached hydrogen (secondary N) is 1. The fourth-order valence-corrected chi connectivity index (χ4v) is 4.25. The Balaban J connectivity index is 1.29. The number of hydrogen-bond acceptors (Lipinski definition) is 4. The molecule has 0 atom stereocenters. The molecule has 168 valence electrons. The van der Waals surface area contributed by atoms with E-state index in [-0.39, 0.29) is 38.0 Å². The maximum absolute atomic E-state index is 14.2. The SMILES string of the molecule is O=C(O)CC1CN(C(=O)C(F)(F)CNC(=O)OCC2c3ccccc3-c3ccccc32)C1. The minimum absolute atomic E-state index is 0.0254. The molecule has 2 aliphatic rings. The number of carboxylic acid groups (broad SMARTS) is 1. The second-order valence-corrected chi connectivity index (χ2v) is 8.06. The quantitative estimate of drug-likeness (QED) is 0.684. The molecule has 1 aliphatic carbocycles. The molecule has 2 aromatic rings. The van der Waals surface area contributed by atoms with E-state index >= 15 is 0 Å². The minimum Gasteiger partial charge on any atom is -0.481 e. The van der Waals surface area contributed by atoms with Gasteiger partial charge in [0, 0.05) is 24.9 Å². The zero-order chi connectivity index (χ0) is 22.9. The highest BCUT2D eigenvalue weighted by Crippen LogP contribution is 2.44. The lowest BCUT2D eigenvalue weighted by Crippen LogP contribution is -2.58. The first-order chi connectivity index (χ1) is 15.3. The number of halogens is 2. The van der Waals surface area contributed by atoms with Crippen molar-refractivity contribution in [2.75, 3.05) is 26.2 Å².